The lowest BCUT2D eigenvalue weighted by Crippen LogP contribution is -2.21. The Kier molecular flexibility index (Phi) is 5.06. The molecule has 1 aromatic carbocycles. The van der Waals surface area contributed by atoms with Crippen LogP contribution in [0, 0.1) is 0 Å². The van der Waals surface area contributed by atoms with Crippen molar-refractivity contribution in [3.63, 3.8) is 0 Å². The number of fused-ring (bicyclic) bond motifs is 1. The number of aromatic nitrogens is 1. The highest BCUT2D eigenvalue weighted by Gasteiger charge is 2.09. The van der Waals surface area contributed by atoms with Crippen molar-refractivity contribution in [1.29, 1.82) is 0 Å². The van der Waals surface area contributed by atoms with Crippen LogP contribution in [0.25, 0.3) is 10.9 Å². The normalized spacial score (nSPS) is 12.4. The summed E-state index contributed by atoms with van der Waals surface area (Å²) in [6.07, 6.45) is 1.97. The molecule has 21 heavy (non-hydrogen) atoms. The zero-order valence-electron chi connectivity index (χ0n) is 13.0. The van der Waals surface area contributed by atoms with Crippen LogP contribution in [-0.2, 0) is 22.9 Å². The Hall–Kier alpha value is -1.33. The number of hydrogen-bond donors (Lipinski definition) is 1. The quantitative estimate of drug-likeness (QED) is 0.855. The average molecular weight is 308 g/mol. The summed E-state index contributed by atoms with van der Waals surface area (Å²) in [4.78, 5) is 0. The van der Waals surface area contributed by atoms with Gasteiger partial charge in [0.1, 0.15) is 0 Å². The Morgan fingerprint density at radius 1 is 1.24 bits per heavy atom. The molecule has 1 aromatic heterocycles. The van der Waals surface area contributed by atoms with E-state index in [0.29, 0.717) is 12.6 Å². The lowest BCUT2D eigenvalue weighted by Gasteiger charge is -2.10. The number of hydrogen-bond acceptors (Lipinski definition) is 3. The van der Waals surface area contributed by atoms with Crippen LogP contribution in [0.4, 0.5) is 0 Å². The molecule has 116 valence electrons. The van der Waals surface area contributed by atoms with Gasteiger partial charge in [0.2, 0.25) is 0 Å². The Bertz CT molecular complexity index is 702. The molecule has 2 rings (SSSR count). The Balaban J connectivity index is 2.18. The van der Waals surface area contributed by atoms with Gasteiger partial charge in [-0.2, -0.15) is 0 Å². The van der Waals surface area contributed by atoms with Gasteiger partial charge in [-0.3, -0.25) is 0 Å². The minimum absolute atomic E-state index is 0.196. The van der Waals surface area contributed by atoms with Crippen LogP contribution in [0.15, 0.2) is 30.5 Å². The summed E-state index contributed by atoms with van der Waals surface area (Å²) in [7, 11) is -2.93. The highest BCUT2D eigenvalue weighted by molar-refractivity contribution is 7.91. The van der Waals surface area contributed by atoms with Crippen LogP contribution < -0.4 is 5.32 Å². The number of benzene rings is 1. The first-order chi connectivity index (χ1) is 9.91. The maximum atomic E-state index is 11.7. The van der Waals surface area contributed by atoms with Gasteiger partial charge in [-0.05, 0) is 23.1 Å². The van der Waals surface area contributed by atoms with Gasteiger partial charge in [-0.1, -0.05) is 32.9 Å². The minimum Gasteiger partial charge on any atom is -0.346 e. The highest BCUT2D eigenvalue weighted by atomic mass is 32.2. The summed E-state index contributed by atoms with van der Waals surface area (Å²) in [5.74, 6) is 0.400. The van der Waals surface area contributed by atoms with Crippen molar-refractivity contribution in [1.82, 2.24) is 9.88 Å². The lowest BCUT2D eigenvalue weighted by molar-refractivity contribution is 0.588. The molecule has 0 fully saturated rings. The maximum absolute atomic E-state index is 11.7. The van der Waals surface area contributed by atoms with Crippen molar-refractivity contribution in [3.05, 3.63) is 36.0 Å². The molecule has 4 nitrogen and oxygen atoms in total. The second kappa shape index (κ2) is 6.62. The monoisotopic (exact) mass is 308 g/mol. The molecule has 0 aliphatic heterocycles. The summed E-state index contributed by atoms with van der Waals surface area (Å²) >= 11 is 0. The Morgan fingerprint density at radius 3 is 2.67 bits per heavy atom. The van der Waals surface area contributed by atoms with E-state index in [-0.39, 0.29) is 11.5 Å². The molecule has 0 amide bonds. The van der Waals surface area contributed by atoms with E-state index in [1.807, 2.05) is 16.8 Å². The van der Waals surface area contributed by atoms with Gasteiger partial charge in [0.05, 0.1) is 5.75 Å². The predicted molar refractivity (Wildman–Crippen MR) is 88.2 cm³/mol. The minimum atomic E-state index is -2.93. The van der Waals surface area contributed by atoms with Crippen LogP contribution in [0.3, 0.4) is 0 Å². The molecule has 1 heterocycles. The predicted octanol–water partition coefficient (Wildman–Crippen LogP) is 2.57. The molecule has 0 aliphatic carbocycles. The van der Waals surface area contributed by atoms with E-state index in [1.165, 1.54) is 5.56 Å². The standard InChI is InChI=1S/C16H24N2O2S/c1-4-21(19,20)10-9-18-8-7-15-6-5-14(11-16(15)18)12-17-13(2)3/h5-8,11,13,17H,4,9-10,12H2,1-3H3. The summed E-state index contributed by atoms with van der Waals surface area (Å²) < 4.78 is 25.3. The topological polar surface area (TPSA) is 51.1 Å². The van der Waals surface area contributed by atoms with Crippen LogP contribution in [0.5, 0.6) is 0 Å². The molecule has 0 aliphatic rings. The van der Waals surface area contributed by atoms with E-state index in [1.54, 1.807) is 6.92 Å². The van der Waals surface area contributed by atoms with E-state index in [9.17, 15) is 8.42 Å². The molecule has 1 N–H and O–H groups in total. The van der Waals surface area contributed by atoms with Crippen molar-refractivity contribution in [3.8, 4) is 0 Å². The number of aryl methyl sites for hydroxylation is 1. The lowest BCUT2D eigenvalue weighted by atomic mass is 10.1. The van der Waals surface area contributed by atoms with Gasteiger partial charge in [-0.25, -0.2) is 8.42 Å². The first kappa shape index (κ1) is 16.0. The largest absolute Gasteiger partial charge is 0.346 e. The van der Waals surface area contributed by atoms with Crippen molar-refractivity contribution in [2.24, 2.45) is 0 Å². The van der Waals surface area contributed by atoms with Crippen LogP contribution >= 0.6 is 0 Å². The van der Waals surface area contributed by atoms with Crippen molar-refractivity contribution < 1.29 is 8.42 Å². The van der Waals surface area contributed by atoms with E-state index >= 15 is 0 Å². The van der Waals surface area contributed by atoms with Gasteiger partial charge in [0, 0.05) is 36.6 Å². The number of sulfone groups is 1. The zero-order chi connectivity index (χ0) is 15.5. The molecule has 0 radical (unpaired) electrons. The van der Waals surface area contributed by atoms with E-state index < -0.39 is 9.84 Å². The van der Waals surface area contributed by atoms with Crippen LogP contribution in [0.2, 0.25) is 0 Å². The molecule has 0 saturated carbocycles. The van der Waals surface area contributed by atoms with E-state index in [4.69, 9.17) is 0 Å². The molecule has 0 saturated heterocycles. The zero-order valence-corrected chi connectivity index (χ0v) is 13.8. The molecule has 2 aromatic rings. The molecule has 5 heteroatoms. The van der Waals surface area contributed by atoms with Gasteiger partial charge in [0.15, 0.2) is 9.84 Å². The first-order valence-electron chi connectivity index (χ1n) is 7.43. The van der Waals surface area contributed by atoms with Crippen molar-refractivity contribution >= 4 is 20.7 Å². The second-order valence-electron chi connectivity index (χ2n) is 5.67. The Morgan fingerprint density at radius 2 is 2.00 bits per heavy atom. The molecule has 0 unspecified atom stereocenters. The fraction of sp³-hybridized carbons (Fsp3) is 0.500. The first-order valence-corrected chi connectivity index (χ1v) is 9.25. The SMILES string of the molecule is CCS(=O)(=O)CCn1ccc2ccc(CNC(C)C)cc21. The summed E-state index contributed by atoms with van der Waals surface area (Å²) in [5.41, 5.74) is 2.32. The van der Waals surface area contributed by atoms with Crippen molar-refractivity contribution in [2.75, 3.05) is 11.5 Å². The average Bonchev–Trinajstić information content (AvgIpc) is 2.85. The number of nitrogens with one attached hydrogen (secondary N) is 1. The fourth-order valence-corrected chi connectivity index (χ4v) is 3.00. The van der Waals surface area contributed by atoms with Crippen LogP contribution in [0.1, 0.15) is 26.3 Å². The molecular weight excluding hydrogens is 284 g/mol. The smallest absolute Gasteiger partial charge is 0.151 e. The van der Waals surface area contributed by atoms with E-state index in [0.717, 1.165) is 17.4 Å². The van der Waals surface area contributed by atoms with E-state index in [2.05, 4.69) is 37.4 Å². The number of rotatable bonds is 7. The molecule has 0 spiro atoms. The third kappa shape index (κ3) is 4.32. The van der Waals surface area contributed by atoms with Gasteiger partial charge in [-0.15, -0.1) is 0 Å². The summed E-state index contributed by atoms with van der Waals surface area (Å²) in [6, 6.07) is 8.83. The number of nitrogens with zero attached hydrogens (tertiary/aromatic N) is 1. The Labute approximate surface area is 127 Å². The summed E-state index contributed by atoms with van der Waals surface area (Å²) in [6.45, 7) is 7.28. The second-order valence-corrected chi connectivity index (χ2v) is 8.15. The van der Waals surface area contributed by atoms with Gasteiger partial charge >= 0.3 is 0 Å². The molecular formula is C16H24N2O2S. The summed E-state index contributed by atoms with van der Waals surface area (Å²) in [5, 5.41) is 4.55. The van der Waals surface area contributed by atoms with Gasteiger partial charge < -0.3 is 9.88 Å². The van der Waals surface area contributed by atoms with Crippen LogP contribution in [-0.4, -0.2) is 30.5 Å². The maximum Gasteiger partial charge on any atom is 0.151 e. The highest BCUT2D eigenvalue weighted by Crippen LogP contribution is 2.18. The molecule has 0 bridgehead atoms. The fourth-order valence-electron chi connectivity index (χ4n) is 2.24. The third-order valence-electron chi connectivity index (χ3n) is 3.64. The van der Waals surface area contributed by atoms with Gasteiger partial charge in [0.25, 0.3) is 0 Å². The van der Waals surface area contributed by atoms with Crippen molar-refractivity contribution in [2.45, 2.75) is 39.9 Å². The third-order valence-corrected chi connectivity index (χ3v) is 5.32. The molecule has 0 atom stereocenters.